The number of rotatable bonds is 10. The van der Waals surface area contributed by atoms with E-state index >= 15 is 0 Å². The number of carbonyl (C=O) groups is 3. The van der Waals surface area contributed by atoms with E-state index in [1.165, 1.54) is 18.7 Å². The van der Waals surface area contributed by atoms with Crippen molar-refractivity contribution in [3.05, 3.63) is 35.9 Å². The van der Waals surface area contributed by atoms with Gasteiger partial charge >= 0.3 is 5.97 Å². The van der Waals surface area contributed by atoms with Gasteiger partial charge in [-0.2, -0.15) is 11.8 Å². The molecule has 0 aromatic heterocycles. The number of carbonyl (C=O) groups excluding carboxylic acids is 2. The van der Waals surface area contributed by atoms with Crippen molar-refractivity contribution in [2.24, 2.45) is 5.73 Å². The average molecular weight is 367 g/mol. The lowest BCUT2D eigenvalue weighted by molar-refractivity contribution is -0.142. The van der Waals surface area contributed by atoms with E-state index in [1.807, 2.05) is 36.6 Å². The smallest absolute Gasteiger partial charge is 0.326 e. The maximum atomic E-state index is 12.5. The Balaban J connectivity index is 2.86. The summed E-state index contributed by atoms with van der Waals surface area (Å²) in [6, 6.07) is 6.52. The summed E-state index contributed by atoms with van der Waals surface area (Å²) >= 11 is 1.50. The first-order valence-corrected chi connectivity index (χ1v) is 9.36. The normalized spacial score (nSPS) is 14.2. The van der Waals surface area contributed by atoms with Gasteiger partial charge in [-0.15, -0.1) is 0 Å². The van der Waals surface area contributed by atoms with Crippen LogP contribution in [0.25, 0.3) is 0 Å². The molecule has 0 saturated carbocycles. The van der Waals surface area contributed by atoms with E-state index in [2.05, 4.69) is 10.6 Å². The molecule has 0 aliphatic rings. The Morgan fingerprint density at radius 3 is 2.24 bits per heavy atom. The molecule has 0 aliphatic heterocycles. The fourth-order valence-electron chi connectivity index (χ4n) is 2.13. The van der Waals surface area contributed by atoms with Crippen molar-refractivity contribution in [1.29, 1.82) is 0 Å². The number of nitrogens with one attached hydrogen (secondary N) is 2. The molecule has 0 aliphatic carbocycles. The lowest BCUT2D eigenvalue weighted by Crippen LogP contribution is -2.54. The molecular weight excluding hydrogens is 342 g/mol. The maximum Gasteiger partial charge on any atom is 0.326 e. The van der Waals surface area contributed by atoms with Crippen molar-refractivity contribution < 1.29 is 19.5 Å². The van der Waals surface area contributed by atoms with Gasteiger partial charge in [-0.1, -0.05) is 30.3 Å². The molecule has 1 rings (SSSR count). The molecule has 0 heterocycles. The second-order valence-electron chi connectivity index (χ2n) is 5.72. The number of hydrogen-bond donors (Lipinski definition) is 4. The fourth-order valence-corrected chi connectivity index (χ4v) is 2.60. The van der Waals surface area contributed by atoms with Crippen LogP contribution < -0.4 is 16.4 Å². The molecule has 2 amide bonds. The molecule has 138 valence electrons. The average Bonchev–Trinajstić information content (AvgIpc) is 2.58. The quantitative estimate of drug-likeness (QED) is 0.474. The first-order chi connectivity index (χ1) is 11.8. The van der Waals surface area contributed by atoms with Crippen molar-refractivity contribution in [1.82, 2.24) is 10.6 Å². The van der Waals surface area contributed by atoms with E-state index in [1.54, 1.807) is 0 Å². The molecule has 0 bridgehead atoms. The predicted molar refractivity (Wildman–Crippen MR) is 98.3 cm³/mol. The molecule has 8 heteroatoms. The van der Waals surface area contributed by atoms with Gasteiger partial charge in [0.25, 0.3) is 0 Å². The van der Waals surface area contributed by atoms with Crippen LogP contribution in [0.15, 0.2) is 30.3 Å². The van der Waals surface area contributed by atoms with Gasteiger partial charge in [-0.25, -0.2) is 4.79 Å². The van der Waals surface area contributed by atoms with Gasteiger partial charge in [-0.3, -0.25) is 9.59 Å². The summed E-state index contributed by atoms with van der Waals surface area (Å²) < 4.78 is 0. The Bertz CT molecular complexity index is 581. The van der Waals surface area contributed by atoms with Gasteiger partial charge in [0, 0.05) is 6.42 Å². The van der Waals surface area contributed by atoms with Gasteiger partial charge in [0.1, 0.15) is 12.1 Å². The number of carboxylic acid groups (broad SMARTS) is 1. The molecule has 3 atom stereocenters. The van der Waals surface area contributed by atoms with Crippen molar-refractivity contribution in [2.45, 2.75) is 37.9 Å². The summed E-state index contributed by atoms with van der Waals surface area (Å²) in [4.78, 5) is 35.8. The Morgan fingerprint density at radius 2 is 1.72 bits per heavy atom. The summed E-state index contributed by atoms with van der Waals surface area (Å²) in [5.74, 6) is -1.50. The molecule has 0 saturated heterocycles. The topological polar surface area (TPSA) is 122 Å². The zero-order valence-electron chi connectivity index (χ0n) is 14.4. The van der Waals surface area contributed by atoms with Crippen LogP contribution in [-0.2, 0) is 20.8 Å². The Kier molecular flexibility index (Phi) is 9.01. The Hall–Kier alpha value is -2.06. The van der Waals surface area contributed by atoms with Crippen LogP contribution in [0.5, 0.6) is 0 Å². The lowest BCUT2D eigenvalue weighted by atomic mass is 10.0. The predicted octanol–water partition coefficient (Wildman–Crippen LogP) is 0.384. The summed E-state index contributed by atoms with van der Waals surface area (Å²) in [6.45, 7) is 1.52. The number of amides is 2. The Labute approximate surface area is 151 Å². The van der Waals surface area contributed by atoms with Crippen LogP contribution in [0.2, 0.25) is 0 Å². The van der Waals surface area contributed by atoms with E-state index in [-0.39, 0.29) is 6.42 Å². The highest BCUT2D eigenvalue weighted by Crippen LogP contribution is 2.06. The van der Waals surface area contributed by atoms with Crippen LogP contribution >= 0.6 is 11.8 Å². The Morgan fingerprint density at radius 1 is 1.12 bits per heavy atom. The van der Waals surface area contributed by atoms with Crippen molar-refractivity contribution in [3.63, 3.8) is 0 Å². The molecule has 0 unspecified atom stereocenters. The number of hydrogen-bond acceptors (Lipinski definition) is 5. The summed E-state index contributed by atoms with van der Waals surface area (Å²) in [5, 5.41) is 14.4. The van der Waals surface area contributed by atoms with Crippen molar-refractivity contribution >= 4 is 29.5 Å². The van der Waals surface area contributed by atoms with E-state index in [0.717, 1.165) is 5.56 Å². The molecule has 0 radical (unpaired) electrons. The van der Waals surface area contributed by atoms with Gasteiger partial charge in [-0.05, 0) is 30.9 Å². The summed E-state index contributed by atoms with van der Waals surface area (Å²) in [6.07, 6.45) is 2.42. The number of nitrogens with two attached hydrogens (primary N) is 1. The fraction of sp³-hybridized carbons (Fsp3) is 0.471. The molecule has 0 spiro atoms. The summed E-state index contributed by atoms with van der Waals surface area (Å²) in [5.41, 5.74) is 6.40. The van der Waals surface area contributed by atoms with Gasteiger partial charge in [0.05, 0.1) is 6.04 Å². The number of carboxylic acids is 1. The minimum Gasteiger partial charge on any atom is -0.480 e. The van der Waals surface area contributed by atoms with Crippen LogP contribution in [0.4, 0.5) is 0 Å². The lowest BCUT2D eigenvalue weighted by Gasteiger charge is -2.22. The second-order valence-corrected chi connectivity index (χ2v) is 6.71. The monoisotopic (exact) mass is 367 g/mol. The number of thioether (sulfide) groups is 1. The molecule has 5 N–H and O–H groups in total. The van der Waals surface area contributed by atoms with E-state index < -0.39 is 35.9 Å². The molecule has 1 aromatic rings. The first kappa shape index (κ1) is 21.0. The molecule has 0 fully saturated rings. The largest absolute Gasteiger partial charge is 0.480 e. The molecular formula is C17H25N3O4S. The highest BCUT2D eigenvalue weighted by atomic mass is 32.2. The van der Waals surface area contributed by atoms with E-state index in [4.69, 9.17) is 5.73 Å². The van der Waals surface area contributed by atoms with Gasteiger partial charge in [0.15, 0.2) is 0 Å². The van der Waals surface area contributed by atoms with Gasteiger partial charge in [0.2, 0.25) is 11.8 Å². The molecule has 7 nitrogen and oxygen atoms in total. The SMILES string of the molecule is CSCC[C@H](NC(=O)[C@H](Cc1ccccc1)NC(=O)[C@H](C)N)C(=O)O. The van der Waals surface area contributed by atoms with E-state index in [0.29, 0.717) is 12.2 Å². The molecule has 25 heavy (non-hydrogen) atoms. The highest BCUT2D eigenvalue weighted by molar-refractivity contribution is 7.98. The van der Waals surface area contributed by atoms with Crippen LogP contribution in [-0.4, -0.2) is 53.0 Å². The summed E-state index contributed by atoms with van der Waals surface area (Å²) in [7, 11) is 0. The highest BCUT2D eigenvalue weighted by Gasteiger charge is 2.27. The standard InChI is InChI=1S/C17H25N3O4S/c1-11(18)15(21)20-14(10-12-6-4-3-5-7-12)16(22)19-13(17(23)24)8-9-25-2/h3-7,11,13-14H,8-10,18H2,1-2H3,(H,19,22)(H,20,21)(H,23,24)/t11-,13-,14-/m0/s1. The maximum absolute atomic E-state index is 12.5. The zero-order chi connectivity index (χ0) is 18.8. The van der Waals surface area contributed by atoms with Gasteiger partial charge < -0.3 is 21.5 Å². The third kappa shape index (κ3) is 7.57. The van der Waals surface area contributed by atoms with Crippen LogP contribution in [0, 0.1) is 0 Å². The van der Waals surface area contributed by atoms with Crippen molar-refractivity contribution in [3.8, 4) is 0 Å². The second kappa shape index (κ2) is 10.7. The third-order valence-corrected chi connectivity index (χ3v) is 4.20. The minimum absolute atomic E-state index is 0.250. The minimum atomic E-state index is -1.10. The van der Waals surface area contributed by atoms with Crippen LogP contribution in [0.1, 0.15) is 18.9 Å². The van der Waals surface area contributed by atoms with Crippen molar-refractivity contribution in [2.75, 3.05) is 12.0 Å². The first-order valence-electron chi connectivity index (χ1n) is 7.97. The van der Waals surface area contributed by atoms with Crippen LogP contribution in [0.3, 0.4) is 0 Å². The van der Waals surface area contributed by atoms with E-state index in [9.17, 15) is 19.5 Å². The zero-order valence-corrected chi connectivity index (χ0v) is 15.2. The number of benzene rings is 1. The molecule has 1 aromatic carbocycles. The third-order valence-electron chi connectivity index (χ3n) is 3.55. The number of aliphatic carboxylic acids is 1.